The fourth-order valence-corrected chi connectivity index (χ4v) is 2.06. The first-order valence-corrected chi connectivity index (χ1v) is 7.22. The van der Waals surface area contributed by atoms with Crippen LogP contribution >= 0.6 is 15.9 Å². The molecule has 2 rings (SSSR count). The third-order valence-corrected chi connectivity index (χ3v) is 3.26. The summed E-state index contributed by atoms with van der Waals surface area (Å²) in [4.78, 5) is 11.6. The first-order valence-electron chi connectivity index (χ1n) is 6.43. The maximum absolute atomic E-state index is 11.6. The maximum atomic E-state index is 11.6. The van der Waals surface area contributed by atoms with Gasteiger partial charge < -0.3 is 13.9 Å². The first-order chi connectivity index (χ1) is 10.6. The monoisotopic (exact) mass is 366 g/mol. The molecule has 1 aromatic heterocycles. The van der Waals surface area contributed by atoms with Crippen molar-refractivity contribution in [3.05, 3.63) is 46.3 Å². The van der Waals surface area contributed by atoms with Gasteiger partial charge >= 0.3 is 0 Å². The molecule has 1 N–H and O–H groups in total. The topological polar surface area (TPSA) is 73.1 Å². The largest absolute Gasteiger partial charge is 0.497 e. The van der Waals surface area contributed by atoms with Gasteiger partial charge in [-0.25, -0.2) is 5.43 Å². The zero-order valence-corrected chi connectivity index (χ0v) is 13.7. The van der Waals surface area contributed by atoms with Crippen LogP contribution in [0.25, 0.3) is 0 Å². The van der Waals surface area contributed by atoms with E-state index in [2.05, 4.69) is 26.5 Å². The van der Waals surface area contributed by atoms with Gasteiger partial charge in [0.2, 0.25) is 0 Å². The average molecular weight is 367 g/mol. The lowest BCUT2D eigenvalue weighted by molar-refractivity contribution is -0.123. The molecule has 0 aliphatic carbocycles. The van der Waals surface area contributed by atoms with Crippen molar-refractivity contribution in [3.8, 4) is 11.5 Å². The number of benzene rings is 1. The number of hydrogen-bond acceptors (Lipinski definition) is 5. The minimum absolute atomic E-state index is 0.153. The van der Waals surface area contributed by atoms with Crippen molar-refractivity contribution in [2.45, 2.75) is 6.92 Å². The van der Waals surface area contributed by atoms with Gasteiger partial charge in [0.05, 0.1) is 17.8 Å². The molecule has 22 heavy (non-hydrogen) atoms. The number of hydrogen-bond donors (Lipinski definition) is 1. The summed E-state index contributed by atoms with van der Waals surface area (Å²) in [5.74, 6) is 2.21. The molecule has 6 nitrogen and oxygen atoms in total. The number of halogens is 1. The number of nitrogens with one attached hydrogen (secondary N) is 1. The van der Waals surface area contributed by atoms with Crippen LogP contribution in [0.5, 0.6) is 11.5 Å². The van der Waals surface area contributed by atoms with Crippen LogP contribution in [0.15, 0.2) is 44.3 Å². The van der Waals surface area contributed by atoms with Crippen LogP contribution in [0.1, 0.15) is 11.5 Å². The molecule has 1 heterocycles. The number of nitrogens with zero attached hydrogens (tertiary/aromatic N) is 1. The molecule has 0 saturated heterocycles. The van der Waals surface area contributed by atoms with E-state index >= 15 is 0 Å². The predicted molar refractivity (Wildman–Crippen MR) is 85.4 cm³/mol. The predicted octanol–water partition coefficient (Wildman–Crippen LogP) is 2.89. The van der Waals surface area contributed by atoms with Gasteiger partial charge in [-0.2, -0.15) is 5.10 Å². The number of hydrazone groups is 1. The van der Waals surface area contributed by atoms with Gasteiger partial charge in [-0.3, -0.25) is 4.79 Å². The van der Waals surface area contributed by atoms with E-state index in [1.165, 1.54) is 6.21 Å². The number of methoxy groups -OCH3 is 1. The van der Waals surface area contributed by atoms with E-state index in [-0.39, 0.29) is 12.5 Å². The molecular formula is C15H15BrN2O4. The van der Waals surface area contributed by atoms with Crippen molar-refractivity contribution >= 4 is 28.1 Å². The van der Waals surface area contributed by atoms with E-state index in [4.69, 9.17) is 13.9 Å². The van der Waals surface area contributed by atoms with Crippen LogP contribution in [0.2, 0.25) is 0 Å². The van der Waals surface area contributed by atoms with E-state index in [0.717, 1.165) is 5.76 Å². The van der Waals surface area contributed by atoms with Crippen LogP contribution in [-0.4, -0.2) is 25.8 Å². The van der Waals surface area contributed by atoms with Gasteiger partial charge in [-0.05, 0) is 53.2 Å². The fraction of sp³-hybridized carbons (Fsp3) is 0.200. The Labute approximate surface area is 136 Å². The third-order valence-electron chi connectivity index (χ3n) is 2.64. The van der Waals surface area contributed by atoms with Crippen molar-refractivity contribution in [1.29, 1.82) is 0 Å². The summed E-state index contributed by atoms with van der Waals surface area (Å²) in [6, 6.07) is 8.79. The zero-order chi connectivity index (χ0) is 15.9. The van der Waals surface area contributed by atoms with Crippen LogP contribution in [0, 0.1) is 6.92 Å². The average Bonchev–Trinajstić information content (AvgIpc) is 2.91. The standard InChI is InChI=1S/C15H15BrN2O4/c1-10-3-4-12(22-10)8-17-18-15(19)9-21-14-6-5-11(20-2)7-13(14)16/h3-8H,9H2,1-2H3,(H,18,19). The van der Waals surface area contributed by atoms with Gasteiger partial charge in [0, 0.05) is 0 Å². The van der Waals surface area contributed by atoms with Crippen molar-refractivity contribution in [2.24, 2.45) is 5.10 Å². The van der Waals surface area contributed by atoms with Crippen molar-refractivity contribution in [3.63, 3.8) is 0 Å². The molecule has 0 aliphatic rings. The Hall–Kier alpha value is -2.28. The molecule has 0 spiro atoms. The molecule has 0 aliphatic heterocycles. The molecular weight excluding hydrogens is 352 g/mol. The van der Waals surface area contributed by atoms with Gasteiger partial charge in [0.1, 0.15) is 23.0 Å². The second kappa shape index (κ2) is 7.65. The minimum atomic E-state index is -0.373. The first kappa shape index (κ1) is 16.1. The van der Waals surface area contributed by atoms with Crippen LogP contribution in [0.3, 0.4) is 0 Å². The minimum Gasteiger partial charge on any atom is -0.497 e. The molecule has 2 aromatic rings. The van der Waals surface area contributed by atoms with E-state index in [0.29, 0.717) is 21.7 Å². The Morgan fingerprint density at radius 2 is 2.23 bits per heavy atom. The van der Waals surface area contributed by atoms with Crippen molar-refractivity contribution in [2.75, 3.05) is 13.7 Å². The number of carbonyl (C=O) groups excluding carboxylic acids is 1. The molecule has 0 radical (unpaired) electrons. The lowest BCUT2D eigenvalue weighted by Crippen LogP contribution is -2.24. The van der Waals surface area contributed by atoms with Crippen LogP contribution in [-0.2, 0) is 4.79 Å². The van der Waals surface area contributed by atoms with Crippen molar-refractivity contribution < 1.29 is 18.7 Å². The Balaban J connectivity index is 1.81. The number of ether oxygens (including phenoxy) is 2. The molecule has 0 bridgehead atoms. The number of rotatable bonds is 6. The summed E-state index contributed by atoms with van der Waals surface area (Å²) < 4.78 is 16.5. The third kappa shape index (κ3) is 4.63. The number of aryl methyl sites for hydroxylation is 1. The Bertz CT molecular complexity index is 682. The molecule has 0 fully saturated rings. The van der Waals surface area contributed by atoms with Crippen LogP contribution in [0.4, 0.5) is 0 Å². The molecule has 116 valence electrons. The highest BCUT2D eigenvalue weighted by Gasteiger charge is 2.06. The molecule has 0 atom stereocenters. The highest BCUT2D eigenvalue weighted by atomic mass is 79.9. The highest BCUT2D eigenvalue weighted by molar-refractivity contribution is 9.10. The second-order valence-corrected chi connectivity index (χ2v) is 5.18. The molecule has 1 amide bonds. The summed E-state index contributed by atoms with van der Waals surface area (Å²) in [6.45, 7) is 1.68. The molecule has 1 aromatic carbocycles. The number of furan rings is 1. The SMILES string of the molecule is COc1ccc(OCC(=O)NN=Cc2ccc(C)o2)c(Br)c1. The summed E-state index contributed by atoms with van der Waals surface area (Å²) in [7, 11) is 1.58. The van der Waals surface area contributed by atoms with Gasteiger partial charge in [0.25, 0.3) is 5.91 Å². The number of amides is 1. The fourth-order valence-electron chi connectivity index (χ4n) is 1.59. The van der Waals surface area contributed by atoms with E-state index in [1.807, 2.05) is 13.0 Å². The Morgan fingerprint density at radius 1 is 1.41 bits per heavy atom. The summed E-state index contributed by atoms with van der Waals surface area (Å²) in [6.07, 6.45) is 1.42. The maximum Gasteiger partial charge on any atom is 0.277 e. The summed E-state index contributed by atoms with van der Waals surface area (Å²) in [5, 5.41) is 3.79. The van der Waals surface area contributed by atoms with Crippen molar-refractivity contribution in [1.82, 2.24) is 5.43 Å². The summed E-state index contributed by atoms with van der Waals surface area (Å²) >= 11 is 3.34. The molecule has 7 heteroatoms. The van der Waals surface area contributed by atoms with Gasteiger partial charge in [0.15, 0.2) is 6.61 Å². The van der Waals surface area contributed by atoms with E-state index in [9.17, 15) is 4.79 Å². The quantitative estimate of drug-likeness (QED) is 0.630. The lowest BCUT2D eigenvalue weighted by atomic mass is 10.3. The lowest BCUT2D eigenvalue weighted by Gasteiger charge is -2.08. The zero-order valence-electron chi connectivity index (χ0n) is 12.1. The molecule has 0 unspecified atom stereocenters. The van der Waals surface area contributed by atoms with E-state index < -0.39 is 0 Å². The van der Waals surface area contributed by atoms with Gasteiger partial charge in [-0.1, -0.05) is 0 Å². The van der Waals surface area contributed by atoms with Gasteiger partial charge in [-0.15, -0.1) is 0 Å². The van der Waals surface area contributed by atoms with Crippen LogP contribution < -0.4 is 14.9 Å². The Morgan fingerprint density at radius 3 is 2.86 bits per heavy atom. The smallest absolute Gasteiger partial charge is 0.277 e. The second-order valence-electron chi connectivity index (χ2n) is 4.33. The number of carbonyl (C=O) groups is 1. The highest BCUT2D eigenvalue weighted by Crippen LogP contribution is 2.28. The normalized spacial score (nSPS) is 10.7. The van der Waals surface area contributed by atoms with E-state index in [1.54, 1.807) is 31.4 Å². The summed E-state index contributed by atoms with van der Waals surface area (Å²) in [5.41, 5.74) is 2.36. The molecule has 0 saturated carbocycles. The Kier molecular flexibility index (Phi) is 5.60.